The number of allylic oxidation sites excluding steroid dienone is 5. The highest BCUT2D eigenvalue weighted by Crippen LogP contribution is 2.69. The fourth-order valence-corrected chi connectivity index (χ4v) is 5.31. The highest BCUT2D eigenvalue weighted by molar-refractivity contribution is 6.03. The molecule has 3 aromatic carbocycles. The SMILES string of the molecule is Cc1c2c(c(C)c3cc4ccccc4cc13)C1CC13C=CC=CC3=C2. The van der Waals surface area contributed by atoms with Gasteiger partial charge in [0, 0.05) is 5.41 Å². The molecule has 0 aromatic heterocycles. The van der Waals surface area contributed by atoms with Gasteiger partial charge in [0.2, 0.25) is 0 Å². The molecule has 0 aliphatic heterocycles. The smallest absolute Gasteiger partial charge is 0.0211 e. The Bertz CT molecular complexity index is 1190. The van der Waals surface area contributed by atoms with Crippen LogP contribution in [0.4, 0.5) is 0 Å². The van der Waals surface area contributed by atoms with Crippen LogP contribution in [0.1, 0.15) is 34.6 Å². The Morgan fingerprint density at radius 2 is 1.64 bits per heavy atom. The van der Waals surface area contributed by atoms with Crippen LogP contribution in [0.25, 0.3) is 27.6 Å². The molecule has 0 heteroatoms. The van der Waals surface area contributed by atoms with Gasteiger partial charge in [0.25, 0.3) is 0 Å². The van der Waals surface area contributed by atoms with E-state index >= 15 is 0 Å². The fraction of sp³-hybridized carbons (Fsp3) is 0.200. The number of fused-ring (bicyclic) bond motifs is 4. The first-order valence-electron chi connectivity index (χ1n) is 9.23. The molecule has 1 saturated carbocycles. The van der Waals surface area contributed by atoms with Crippen molar-refractivity contribution in [3.8, 4) is 0 Å². The lowest BCUT2D eigenvalue weighted by atomic mass is 9.76. The van der Waals surface area contributed by atoms with Crippen LogP contribution >= 0.6 is 0 Å². The quantitative estimate of drug-likeness (QED) is 0.409. The van der Waals surface area contributed by atoms with Crippen LogP contribution in [-0.4, -0.2) is 0 Å². The van der Waals surface area contributed by atoms with Crippen LogP contribution in [0.5, 0.6) is 0 Å². The molecule has 0 radical (unpaired) electrons. The number of aryl methyl sites for hydroxylation is 2. The monoisotopic (exact) mass is 320 g/mol. The second-order valence-corrected chi connectivity index (χ2v) is 7.94. The molecule has 0 bridgehead atoms. The summed E-state index contributed by atoms with van der Waals surface area (Å²) in [6, 6.07) is 13.5. The van der Waals surface area contributed by atoms with Crippen molar-refractivity contribution in [3.05, 3.63) is 88.5 Å². The van der Waals surface area contributed by atoms with E-state index in [-0.39, 0.29) is 0 Å². The van der Waals surface area contributed by atoms with Crippen molar-refractivity contribution in [2.45, 2.75) is 26.2 Å². The first-order chi connectivity index (χ1) is 12.2. The van der Waals surface area contributed by atoms with Crippen LogP contribution in [0.15, 0.2) is 66.3 Å². The van der Waals surface area contributed by atoms with Gasteiger partial charge in [-0.1, -0.05) is 54.6 Å². The molecule has 2 unspecified atom stereocenters. The lowest BCUT2D eigenvalue weighted by Crippen LogP contribution is -2.12. The Hall–Kier alpha value is -2.60. The van der Waals surface area contributed by atoms with Gasteiger partial charge in [-0.05, 0) is 87.7 Å². The molecule has 0 N–H and O–H groups in total. The Morgan fingerprint density at radius 3 is 2.40 bits per heavy atom. The van der Waals surface area contributed by atoms with Gasteiger partial charge in [0.05, 0.1) is 0 Å². The molecule has 0 heterocycles. The lowest BCUT2D eigenvalue weighted by molar-refractivity contribution is 0.753. The molecule has 3 aliphatic rings. The van der Waals surface area contributed by atoms with E-state index in [9.17, 15) is 0 Å². The largest absolute Gasteiger partial charge is 0.0733 e. The molecule has 3 aliphatic carbocycles. The van der Waals surface area contributed by atoms with E-state index in [0.717, 1.165) is 0 Å². The van der Waals surface area contributed by atoms with E-state index in [1.54, 1.807) is 5.56 Å². The third-order valence-electron chi connectivity index (χ3n) is 6.76. The molecule has 25 heavy (non-hydrogen) atoms. The Labute approximate surface area is 148 Å². The highest BCUT2D eigenvalue weighted by Gasteiger charge is 2.58. The molecule has 3 aromatic rings. The van der Waals surface area contributed by atoms with Gasteiger partial charge >= 0.3 is 0 Å². The zero-order valence-electron chi connectivity index (χ0n) is 14.6. The Balaban J connectivity index is 1.75. The van der Waals surface area contributed by atoms with E-state index in [4.69, 9.17) is 0 Å². The molecule has 120 valence electrons. The summed E-state index contributed by atoms with van der Waals surface area (Å²) in [5.74, 6) is 0.665. The van der Waals surface area contributed by atoms with Crippen LogP contribution in [0.2, 0.25) is 0 Å². The van der Waals surface area contributed by atoms with Gasteiger partial charge in [0.15, 0.2) is 0 Å². The number of hydrogen-bond donors (Lipinski definition) is 0. The third kappa shape index (κ3) is 1.58. The van der Waals surface area contributed by atoms with E-state index in [1.807, 2.05) is 0 Å². The van der Waals surface area contributed by atoms with E-state index < -0.39 is 0 Å². The maximum atomic E-state index is 2.47. The maximum absolute atomic E-state index is 2.47. The Morgan fingerprint density at radius 1 is 0.920 bits per heavy atom. The standard InChI is InChI=1S/C25H20/c1-15-20-11-17-7-3-4-8-18(17)12-21(20)16(2)24-22(15)13-19-9-5-6-10-25(19)14-23(24)25/h3-13,23H,14H2,1-2H3. The number of hydrogen-bond acceptors (Lipinski definition) is 0. The number of benzene rings is 3. The van der Waals surface area contributed by atoms with Crippen molar-refractivity contribution < 1.29 is 0 Å². The van der Waals surface area contributed by atoms with Crippen LogP contribution in [-0.2, 0) is 0 Å². The summed E-state index contributed by atoms with van der Waals surface area (Å²) >= 11 is 0. The van der Waals surface area contributed by atoms with Crippen molar-refractivity contribution in [3.63, 3.8) is 0 Å². The van der Waals surface area contributed by atoms with Crippen LogP contribution in [0.3, 0.4) is 0 Å². The molecule has 0 amide bonds. The van der Waals surface area contributed by atoms with E-state index in [1.165, 1.54) is 50.2 Å². The minimum atomic E-state index is 0.295. The van der Waals surface area contributed by atoms with Crippen LogP contribution < -0.4 is 0 Å². The number of rotatable bonds is 0. The second-order valence-electron chi connectivity index (χ2n) is 7.94. The Kier molecular flexibility index (Phi) is 2.36. The molecule has 2 atom stereocenters. The van der Waals surface area contributed by atoms with Crippen LogP contribution in [0, 0.1) is 19.3 Å². The molecule has 0 saturated heterocycles. The van der Waals surface area contributed by atoms with Gasteiger partial charge in [-0.3, -0.25) is 0 Å². The average molecular weight is 320 g/mol. The average Bonchev–Trinajstić information content (AvgIpc) is 3.37. The summed E-state index contributed by atoms with van der Waals surface area (Å²) in [6.07, 6.45) is 12.9. The zero-order chi connectivity index (χ0) is 16.8. The van der Waals surface area contributed by atoms with Gasteiger partial charge in [0.1, 0.15) is 0 Å². The summed E-state index contributed by atoms with van der Waals surface area (Å²) in [4.78, 5) is 0. The summed E-state index contributed by atoms with van der Waals surface area (Å²) in [7, 11) is 0. The minimum absolute atomic E-state index is 0.295. The van der Waals surface area contributed by atoms with E-state index in [2.05, 4.69) is 80.6 Å². The summed E-state index contributed by atoms with van der Waals surface area (Å²) in [5, 5.41) is 5.53. The lowest BCUT2D eigenvalue weighted by Gasteiger charge is -2.27. The maximum Gasteiger partial charge on any atom is 0.0211 e. The zero-order valence-corrected chi connectivity index (χ0v) is 14.6. The van der Waals surface area contributed by atoms with Gasteiger partial charge < -0.3 is 0 Å². The normalized spacial score (nSPS) is 25.5. The van der Waals surface area contributed by atoms with Gasteiger partial charge in [-0.15, -0.1) is 0 Å². The minimum Gasteiger partial charge on any atom is -0.0733 e. The van der Waals surface area contributed by atoms with Crippen molar-refractivity contribution in [1.29, 1.82) is 0 Å². The second kappa shape index (κ2) is 4.32. The van der Waals surface area contributed by atoms with Crippen molar-refractivity contribution in [1.82, 2.24) is 0 Å². The summed E-state index contributed by atoms with van der Waals surface area (Å²) in [5.41, 5.74) is 7.81. The first-order valence-corrected chi connectivity index (χ1v) is 9.23. The van der Waals surface area contributed by atoms with Gasteiger partial charge in [-0.2, -0.15) is 0 Å². The predicted octanol–water partition coefficient (Wildman–Crippen LogP) is 6.61. The fourth-order valence-electron chi connectivity index (χ4n) is 5.31. The van der Waals surface area contributed by atoms with Crippen molar-refractivity contribution >= 4 is 27.6 Å². The molecule has 0 nitrogen and oxygen atoms in total. The van der Waals surface area contributed by atoms with Crippen molar-refractivity contribution in [2.75, 3.05) is 0 Å². The summed E-state index contributed by atoms with van der Waals surface area (Å²) in [6.45, 7) is 4.65. The molecular weight excluding hydrogens is 300 g/mol. The molecular formula is C25H20. The van der Waals surface area contributed by atoms with Crippen molar-refractivity contribution in [2.24, 2.45) is 5.41 Å². The summed E-state index contributed by atoms with van der Waals surface area (Å²) < 4.78 is 0. The molecule has 6 rings (SSSR count). The molecule has 1 fully saturated rings. The highest BCUT2D eigenvalue weighted by atomic mass is 14.6. The first kappa shape index (κ1) is 13.7. The molecule has 1 spiro atoms. The third-order valence-corrected chi connectivity index (χ3v) is 6.76. The van der Waals surface area contributed by atoms with Gasteiger partial charge in [-0.25, -0.2) is 0 Å². The predicted molar refractivity (Wildman–Crippen MR) is 107 cm³/mol. The topological polar surface area (TPSA) is 0 Å². The van der Waals surface area contributed by atoms with E-state index in [0.29, 0.717) is 11.3 Å².